The largest absolute Gasteiger partial charge is 0.382 e. The van der Waals surface area contributed by atoms with Crippen molar-refractivity contribution < 1.29 is 4.21 Å². The number of nitrogens with zero attached hydrogens (tertiary/aromatic N) is 1. The summed E-state index contributed by atoms with van der Waals surface area (Å²) in [4.78, 5) is 4.11. The molecule has 78 valence electrons. The van der Waals surface area contributed by atoms with Gasteiger partial charge in [0.25, 0.3) is 0 Å². The van der Waals surface area contributed by atoms with E-state index in [2.05, 4.69) is 10.3 Å². The van der Waals surface area contributed by atoms with Crippen molar-refractivity contribution in [3.05, 3.63) is 24.0 Å². The van der Waals surface area contributed by atoms with Gasteiger partial charge in [-0.25, -0.2) is 0 Å². The van der Waals surface area contributed by atoms with Gasteiger partial charge in [0.15, 0.2) is 0 Å². The molecule has 0 saturated carbocycles. The summed E-state index contributed by atoms with van der Waals surface area (Å²) in [7, 11) is -0.753. The Morgan fingerprint density at radius 3 is 2.93 bits per heavy atom. The summed E-state index contributed by atoms with van der Waals surface area (Å²) in [6.45, 7) is 3.98. The molecule has 1 rings (SSSR count). The maximum Gasteiger partial charge on any atom is 0.0431 e. The maximum absolute atomic E-state index is 11.0. The van der Waals surface area contributed by atoms with Crippen molar-refractivity contribution in [2.24, 2.45) is 0 Å². The van der Waals surface area contributed by atoms with E-state index in [0.717, 1.165) is 11.4 Å². The Hall–Kier alpha value is -0.900. The van der Waals surface area contributed by atoms with E-state index in [1.807, 2.05) is 26.0 Å². The summed E-state index contributed by atoms with van der Waals surface area (Å²) in [5.41, 5.74) is 2.02. The fraction of sp³-hybridized carbons (Fsp3) is 0.500. The van der Waals surface area contributed by atoms with Crippen molar-refractivity contribution in [1.82, 2.24) is 4.98 Å². The fourth-order valence-corrected chi connectivity index (χ4v) is 2.10. The van der Waals surface area contributed by atoms with Crippen LogP contribution in [0.2, 0.25) is 0 Å². The van der Waals surface area contributed by atoms with Gasteiger partial charge >= 0.3 is 0 Å². The van der Waals surface area contributed by atoms with Crippen LogP contribution in [0.15, 0.2) is 18.3 Å². The van der Waals surface area contributed by atoms with Gasteiger partial charge in [0, 0.05) is 46.4 Å². The van der Waals surface area contributed by atoms with Crippen molar-refractivity contribution in [2.45, 2.75) is 19.9 Å². The van der Waals surface area contributed by atoms with E-state index in [0.29, 0.717) is 5.75 Å². The quantitative estimate of drug-likeness (QED) is 0.823. The minimum Gasteiger partial charge on any atom is -0.382 e. The maximum atomic E-state index is 11.0. The second kappa shape index (κ2) is 5.10. The molecule has 0 spiro atoms. The number of anilines is 1. The smallest absolute Gasteiger partial charge is 0.0431 e. The third-order valence-electron chi connectivity index (χ3n) is 1.79. The number of aryl methyl sites for hydroxylation is 1. The minimum absolute atomic E-state index is 0.225. The van der Waals surface area contributed by atoms with Crippen LogP contribution in [0.1, 0.15) is 12.6 Å². The van der Waals surface area contributed by atoms with Crippen LogP contribution in [-0.2, 0) is 10.8 Å². The third-order valence-corrected chi connectivity index (χ3v) is 2.76. The Balaban J connectivity index is 2.55. The molecule has 0 fully saturated rings. The highest BCUT2D eigenvalue weighted by atomic mass is 32.2. The summed E-state index contributed by atoms with van der Waals surface area (Å²) in [5, 5.41) is 3.28. The second-order valence-corrected chi connectivity index (χ2v) is 4.95. The van der Waals surface area contributed by atoms with Crippen LogP contribution >= 0.6 is 0 Å². The number of hydrogen-bond acceptors (Lipinski definition) is 3. The molecule has 0 aliphatic rings. The van der Waals surface area contributed by atoms with Crippen molar-refractivity contribution in [3.63, 3.8) is 0 Å². The van der Waals surface area contributed by atoms with Crippen LogP contribution in [0.4, 0.5) is 5.69 Å². The number of pyridine rings is 1. The molecule has 14 heavy (non-hydrogen) atoms. The van der Waals surface area contributed by atoms with Gasteiger partial charge in [-0.05, 0) is 26.0 Å². The first-order valence-electron chi connectivity index (χ1n) is 4.57. The van der Waals surface area contributed by atoms with Gasteiger partial charge in [-0.15, -0.1) is 0 Å². The molecule has 1 N–H and O–H groups in total. The monoisotopic (exact) mass is 212 g/mol. The molecule has 0 bridgehead atoms. The van der Waals surface area contributed by atoms with E-state index in [-0.39, 0.29) is 6.04 Å². The number of aromatic nitrogens is 1. The summed E-state index contributed by atoms with van der Waals surface area (Å²) in [5.74, 6) is 0.668. The number of nitrogens with one attached hydrogen (secondary N) is 1. The topological polar surface area (TPSA) is 42.0 Å². The Morgan fingerprint density at radius 1 is 1.64 bits per heavy atom. The molecular formula is C10H16N2OS. The van der Waals surface area contributed by atoms with Crippen LogP contribution in [0.5, 0.6) is 0 Å². The van der Waals surface area contributed by atoms with Crippen molar-refractivity contribution in [1.29, 1.82) is 0 Å². The van der Waals surface area contributed by atoms with Gasteiger partial charge in [-0.3, -0.25) is 9.19 Å². The van der Waals surface area contributed by atoms with Gasteiger partial charge in [0.05, 0.1) is 0 Å². The zero-order chi connectivity index (χ0) is 10.6. The molecule has 0 aromatic carbocycles. The van der Waals surface area contributed by atoms with Gasteiger partial charge in [0.2, 0.25) is 0 Å². The lowest BCUT2D eigenvalue weighted by molar-refractivity contribution is 0.683. The molecule has 0 radical (unpaired) electrons. The van der Waals surface area contributed by atoms with Crippen LogP contribution in [0.3, 0.4) is 0 Å². The first-order chi connectivity index (χ1) is 6.58. The fourth-order valence-electron chi connectivity index (χ4n) is 1.31. The predicted octanol–water partition coefficient (Wildman–Crippen LogP) is 1.57. The zero-order valence-electron chi connectivity index (χ0n) is 8.78. The predicted molar refractivity (Wildman–Crippen MR) is 61.0 cm³/mol. The SMILES string of the molecule is Cc1cc(NC(C)CS(C)=O)ccn1. The molecule has 0 amide bonds. The summed E-state index contributed by atoms with van der Waals surface area (Å²) in [6, 6.07) is 4.12. The highest BCUT2D eigenvalue weighted by Gasteiger charge is 2.03. The van der Waals surface area contributed by atoms with Crippen molar-refractivity contribution in [2.75, 3.05) is 17.3 Å². The molecule has 0 aliphatic carbocycles. The first-order valence-corrected chi connectivity index (χ1v) is 6.30. The third kappa shape index (κ3) is 3.87. The molecule has 2 unspecified atom stereocenters. The van der Waals surface area contributed by atoms with E-state index in [1.165, 1.54) is 0 Å². The second-order valence-electron chi connectivity index (χ2n) is 3.47. The first kappa shape index (κ1) is 11.2. The van der Waals surface area contributed by atoms with E-state index in [4.69, 9.17) is 0 Å². The van der Waals surface area contributed by atoms with E-state index < -0.39 is 10.8 Å². The van der Waals surface area contributed by atoms with Crippen molar-refractivity contribution in [3.8, 4) is 0 Å². The highest BCUT2D eigenvalue weighted by molar-refractivity contribution is 7.84. The van der Waals surface area contributed by atoms with Crippen LogP contribution in [0, 0.1) is 6.92 Å². The molecule has 4 heteroatoms. The standard InChI is InChI=1S/C10H16N2OS/c1-8-6-10(4-5-11-8)12-9(2)7-14(3)13/h4-6,9H,7H2,1-3H3,(H,11,12). The summed E-state index contributed by atoms with van der Waals surface area (Å²) < 4.78 is 11.0. The minimum atomic E-state index is -0.753. The zero-order valence-corrected chi connectivity index (χ0v) is 9.60. The number of hydrogen-bond donors (Lipinski definition) is 1. The Kier molecular flexibility index (Phi) is 4.07. The normalized spacial score (nSPS) is 14.8. The van der Waals surface area contributed by atoms with Crippen LogP contribution in [0.25, 0.3) is 0 Å². The molecular weight excluding hydrogens is 196 g/mol. The molecule has 3 nitrogen and oxygen atoms in total. The molecule has 1 heterocycles. The molecule has 1 aromatic heterocycles. The average Bonchev–Trinajstić information content (AvgIpc) is 2.01. The Morgan fingerprint density at radius 2 is 2.36 bits per heavy atom. The average molecular weight is 212 g/mol. The summed E-state index contributed by atoms with van der Waals surface area (Å²) in [6.07, 6.45) is 3.49. The van der Waals surface area contributed by atoms with Gasteiger partial charge < -0.3 is 5.32 Å². The lowest BCUT2D eigenvalue weighted by Crippen LogP contribution is -2.22. The van der Waals surface area contributed by atoms with Gasteiger partial charge in [0.1, 0.15) is 0 Å². The van der Waals surface area contributed by atoms with E-state index >= 15 is 0 Å². The van der Waals surface area contributed by atoms with E-state index in [9.17, 15) is 4.21 Å². The molecule has 0 aliphatic heterocycles. The highest BCUT2D eigenvalue weighted by Crippen LogP contribution is 2.08. The number of rotatable bonds is 4. The molecule has 0 saturated heterocycles. The lowest BCUT2D eigenvalue weighted by Gasteiger charge is -2.13. The Bertz CT molecular complexity index is 328. The van der Waals surface area contributed by atoms with Gasteiger partial charge in [-0.1, -0.05) is 0 Å². The summed E-state index contributed by atoms with van der Waals surface area (Å²) >= 11 is 0. The van der Waals surface area contributed by atoms with Crippen LogP contribution < -0.4 is 5.32 Å². The molecule has 2 atom stereocenters. The lowest BCUT2D eigenvalue weighted by atomic mass is 10.3. The Labute approximate surface area is 87.4 Å². The van der Waals surface area contributed by atoms with Crippen molar-refractivity contribution >= 4 is 16.5 Å². The van der Waals surface area contributed by atoms with Gasteiger partial charge in [-0.2, -0.15) is 0 Å². The molecule has 1 aromatic rings. The van der Waals surface area contributed by atoms with Crippen LogP contribution in [-0.4, -0.2) is 27.2 Å². The van der Waals surface area contributed by atoms with E-state index in [1.54, 1.807) is 12.5 Å².